The van der Waals surface area contributed by atoms with Crippen molar-refractivity contribution in [2.45, 2.75) is 24.3 Å². The van der Waals surface area contributed by atoms with Crippen LogP contribution >= 0.6 is 15.9 Å². The molecule has 0 aliphatic carbocycles. The first-order chi connectivity index (χ1) is 10.8. The van der Waals surface area contributed by atoms with Crippen molar-refractivity contribution < 1.29 is 17.9 Å². The molecule has 0 radical (unpaired) electrons. The zero-order valence-corrected chi connectivity index (χ0v) is 16.4. The number of nitrogens with zero attached hydrogens (tertiary/aromatic N) is 1. The third kappa shape index (κ3) is 6.76. The van der Waals surface area contributed by atoms with Crippen molar-refractivity contribution in [3.63, 3.8) is 0 Å². The highest BCUT2D eigenvalue weighted by Crippen LogP contribution is 2.27. The molecule has 8 heteroatoms. The lowest BCUT2D eigenvalue weighted by Gasteiger charge is -2.20. The normalized spacial score (nSPS) is 13.3. The van der Waals surface area contributed by atoms with E-state index in [9.17, 15) is 8.42 Å². The van der Waals surface area contributed by atoms with E-state index in [0.29, 0.717) is 16.8 Å². The highest BCUT2D eigenvalue weighted by Gasteiger charge is 2.18. The molecule has 0 saturated carbocycles. The van der Waals surface area contributed by atoms with Crippen LogP contribution in [0.25, 0.3) is 0 Å². The fraction of sp³-hybridized carbons (Fsp3) is 0.600. The van der Waals surface area contributed by atoms with Gasteiger partial charge in [0.15, 0.2) is 0 Å². The van der Waals surface area contributed by atoms with Crippen LogP contribution in [0.2, 0.25) is 0 Å². The molecule has 132 valence electrons. The Labute approximate surface area is 147 Å². The molecule has 0 unspecified atom stereocenters. The van der Waals surface area contributed by atoms with E-state index in [1.807, 2.05) is 25.9 Å². The van der Waals surface area contributed by atoms with Crippen molar-refractivity contribution in [2.24, 2.45) is 0 Å². The average Bonchev–Trinajstić information content (AvgIpc) is 2.49. The van der Waals surface area contributed by atoms with Gasteiger partial charge in [-0.25, -0.2) is 13.1 Å². The molecular formula is C15H25BrN2O4S. The topological polar surface area (TPSA) is 67.9 Å². The fourth-order valence-electron chi connectivity index (χ4n) is 1.98. The maximum atomic E-state index is 12.4. The zero-order chi connectivity index (χ0) is 17.5. The number of halogens is 1. The summed E-state index contributed by atoms with van der Waals surface area (Å²) in [5, 5.41) is 0. The Balaban J connectivity index is 2.74. The highest BCUT2D eigenvalue weighted by atomic mass is 79.9. The molecule has 1 aromatic rings. The van der Waals surface area contributed by atoms with Crippen LogP contribution in [0.4, 0.5) is 0 Å². The van der Waals surface area contributed by atoms with Gasteiger partial charge in [-0.05, 0) is 61.6 Å². The minimum atomic E-state index is -3.59. The number of nitrogens with one attached hydrogen (secondary N) is 1. The molecule has 0 spiro atoms. The smallest absolute Gasteiger partial charge is 0.240 e. The van der Waals surface area contributed by atoms with E-state index in [1.165, 1.54) is 19.2 Å². The van der Waals surface area contributed by atoms with Gasteiger partial charge >= 0.3 is 0 Å². The van der Waals surface area contributed by atoms with Gasteiger partial charge in [0.25, 0.3) is 0 Å². The van der Waals surface area contributed by atoms with Gasteiger partial charge in [-0.2, -0.15) is 0 Å². The molecule has 0 fully saturated rings. The first-order valence-corrected chi connectivity index (χ1v) is 9.67. The molecule has 0 amide bonds. The SMILES string of the molecule is CCO[C@@H](CCN(C)C)CNS(=O)(=O)c1ccc(OC)c(Br)c1. The van der Waals surface area contributed by atoms with Crippen LogP contribution in [0, 0.1) is 0 Å². The van der Waals surface area contributed by atoms with E-state index >= 15 is 0 Å². The molecule has 23 heavy (non-hydrogen) atoms. The second kappa shape index (κ2) is 9.58. The number of rotatable bonds is 10. The maximum Gasteiger partial charge on any atom is 0.240 e. The summed E-state index contributed by atoms with van der Waals surface area (Å²) in [4.78, 5) is 2.23. The fourth-order valence-corrected chi connectivity index (χ4v) is 3.77. The van der Waals surface area contributed by atoms with Gasteiger partial charge in [-0.15, -0.1) is 0 Å². The predicted octanol–water partition coefficient (Wildman–Crippen LogP) is 2.09. The largest absolute Gasteiger partial charge is 0.496 e. The molecule has 1 aromatic carbocycles. The van der Waals surface area contributed by atoms with Crippen molar-refractivity contribution in [1.82, 2.24) is 9.62 Å². The van der Waals surface area contributed by atoms with Gasteiger partial charge in [0, 0.05) is 19.7 Å². The number of benzene rings is 1. The van der Waals surface area contributed by atoms with Crippen LogP contribution in [-0.2, 0) is 14.8 Å². The minimum absolute atomic E-state index is 0.154. The average molecular weight is 409 g/mol. The number of methoxy groups -OCH3 is 1. The summed E-state index contributed by atoms with van der Waals surface area (Å²) >= 11 is 3.30. The first-order valence-electron chi connectivity index (χ1n) is 7.39. The van der Waals surface area contributed by atoms with Gasteiger partial charge in [0.05, 0.1) is 22.6 Å². The standard InChI is InChI=1S/C15H25BrN2O4S/c1-5-22-12(8-9-18(2)3)11-17-23(19,20)13-6-7-15(21-4)14(16)10-13/h6-7,10,12,17H,5,8-9,11H2,1-4H3/t12-/m0/s1. The molecule has 0 saturated heterocycles. The molecule has 1 atom stereocenters. The highest BCUT2D eigenvalue weighted by molar-refractivity contribution is 9.10. The molecule has 6 nitrogen and oxygen atoms in total. The van der Waals surface area contributed by atoms with Crippen LogP contribution in [0.3, 0.4) is 0 Å². The van der Waals surface area contributed by atoms with Gasteiger partial charge in [0.1, 0.15) is 5.75 Å². The van der Waals surface area contributed by atoms with Gasteiger partial charge in [-0.1, -0.05) is 0 Å². The lowest BCUT2D eigenvalue weighted by molar-refractivity contribution is 0.0555. The summed E-state index contributed by atoms with van der Waals surface area (Å²) in [6.07, 6.45) is 0.606. The molecule has 1 rings (SSSR count). The van der Waals surface area contributed by atoms with Crippen molar-refractivity contribution in [1.29, 1.82) is 0 Å². The first kappa shape index (κ1) is 20.4. The van der Waals surface area contributed by atoms with E-state index in [-0.39, 0.29) is 17.5 Å². The Morgan fingerprint density at radius 3 is 2.57 bits per heavy atom. The maximum absolute atomic E-state index is 12.4. The van der Waals surface area contributed by atoms with Crippen molar-refractivity contribution in [3.05, 3.63) is 22.7 Å². The number of ether oxygens (including phenoxy) is 2. The molecule has 1 N–H and O–H groups in total. The molecule has 0 aromatic heterocycles. The van der Waals surface area contributed by atoms with Crippen LogP contribution in [0.1, 0.15) is 13.3 Å². The monoisotopic (exact) mass is 408 g/mol. The number of sulfonamides is 1. The van der Waals surface area contributed by atoms with Crippen molar-refractivity contribution >= 4 is 26.0 Å². The molecule has 0 aliphatic rings. The predicted molar refractivity (Wildman–Crippen MR) is 94.5 cm³/mol. The lowest BCUT2D eigenvalue weighted by atomic mass is 10.2. The molecule has 0 aliphatic heterocycles. The zero-order valence-electron chi connectivity index (χ0n) is 14.0. The Kier molecular flexibility index (Phi) is 8.49. The summed E-state index contributed by atoms with van der Waals surface area (Å²) in [5.41, 5.74) is 0. The van der Waals surface area contributed by atoms with E-state index in [4.69, 9.17) is 9.47 Å². The molecule has 0 heterocycles. The van der Waals surface area contributed by atoms with Gasteiger partial charge < -0.3 is 14.4 Å². The quantitative estimate of drug-likeness (QED) is 0.641. The van der Waals surface area contributed by atoms with Gasteiger partial charge in [0.2, 0.25) is 10.0 Å². The van der Waals surface area contributed by atoms with Crippen molar-refractivity contribution in [2.75, 3.05) is 40.9 Å². The Morgan fingerprint density at radius 1 is 1.35 bits per heavy atom. The second-order valence-corrected chi connectivity index (χ2v) is 7.94. The number of hydrogen-bond donors (Lipinski definition) is 1. The van der Waals surface area contributed by atoms with E-state index < -0.39 is 10.0 Å². The Bertz CT molecular complexity index is 593. The molecular weight excluding hydrogens is 384 g/mol. The van der Waals surface area contributed by atoms with Gasteiger partial charge in [-0.3, -0.25) is 0 Å². The van der Waals surface area contributed by atoms with E-state index in [0.717, 1.165) is 13.0 Å². The van der Waals surface area contributed by atoms with E-state index in [2.05, 4.69) is 20.7 Å². The summed E-state index contributed by atoms with van der Waals surface area (Å²) in [7, 11) is 1.89. The van der Waals surface area contributed by atoms with Crippen LogP contribution in [-0.4, -0.2) is 60.3 Å². The summed E-state index contributed by atoms with van der Waals surface area (Å²) in [5.74, 6) is 0.585. The Hall–Kier alpha value is -0.670. The third-order valence-corrected chi connectivity index (χ3v) is 5.28. The lowest BCUT2D eigenvalue weighted by Crippen LogP contribution is -2.35. The number of hydrogen-bond acceptors (Lipinski definition) is 5. The van der Waals surface area contributed by atoms with Crippen molar-refractivity contribution in [3.8, 4) is 5.75 Å². The summed E-state index contributed by atoms with van der Waals surface area (Å²) in [6.45, 7) is 3.53. The molecule has 0 bridgehead atoms. The minimum Gasteiger partial charge on any atom is -0.496 e. The second-order valence-electron chi connectivity index (χ2n) is 5.32. The van der Waals surface area contributed by atoms with Crippen LogP contribution < -0.4 is 9.46 Å². The third-order valence-electron chi connectivity index (χ3n) is 3.24. The van der Waals surface area contributed by atoms with Crippen LogP contribution in [0.15, 0.2) is 27.6 Å². The van der Waals surface area contributed by atoms with Crippen LogP contribution in [0.5, 0.6) is 5.75 Å². The summed E-state index contributed by atoms with van der Waals surface area (Å²) < 4.78 is 38.7. The summed E-state index contributed by atoms with van der Waals surface area (Å²) in [6, 6.07) is 4.66. The van der Waals surface area contributed by atoms with E-state index in [1.54, 1.807) is 6.07 Å². The Morgan fingerprint density at radius 2 is 2.04 bits per heavy atom.